The third-order valence-electron chi connectivity index (χ3n) is 3.79. The van der Waals surface area contributed by atoms with E-state index in [2.05, 4.69) is 12.1 Å². The molecule has 1 fully saturated rings. The lowest BCUT2D eigenvalue weighted by Gasteiger charge is -2.27. The van der Waals surface area contributed by atoms with Gasteiger partial charge < -0.3 is 10.6 Å². The molecule has 0 heterocycles. The van der Waals surface area contributed by atoms with Gasteiger partial charge in [0.1, 0.15) is 0 Å². The number of hydrogen-bond donors (Lipinski definition) is 1. The molecule has 2 N–H and O–H groups in total. The number of nitrogens with two attached hydrogens (primary N) is 1. The highest BCUT2D eigenvalue weighted by Gasteiger charge is 2.22. The summed E-state index contributed by atoms with van der Waals surface area (Å²) < 4.78 is 0. The Morgan fingerprint density at radius 2 is 1.89 bits per heavy atom. The second-order valence-electron chi connectivity index (χ2n) is 5.27. The second-order valence-corrected chi connectivity index (χ2v) is 5.27. The molecular weight excluding hydrogens is 224 g/mol. The van der Waals surface area contributed by atoms with E-state index in [1.807, 2.05) is 24.1 Å². The number of amides is 1. The van der Waals surface area contributed by atoms with Crippen LogP contribution < -0.4 is 5.73 Å². The van der Waals surface area contributed by atoms with Crippen LogP contribution in [0.2, 0.25) is 0 Å². The molecule has 98 valence electrons. The average Bonchev–Trinajstić information content (AvgIpc) is 2.34. The number of carbonyl (C=O) groups excluding carboxylic acids is 1. The van der Waals surface area contributed by atoms with Crippen LogP contribution in [-0.4, -0.2) is 17.9 Å². The van der Waals surface area contributed by atoms with Gasteiger partial charge in [0.25, 0.3) is 0 Å². The van der Waals surface area contributed by atoms with E-state index in [1.165, 1.54) is 19.3 Å². The van der Waals surface area contributed by atoms with Gasteiger partial charge in [0, 0.05) is 26.6 Å². The summed E-state index contributed by atoms with van der Waals surface area (Å²) in [5.74, 6) is 0.905. The van der Waals surface area contributed by atoms with E-state index in [1.54, 1.807) is 0 Å². The maximum absolute atomic E-state index is 12.0. The minimum absolute atomic E-state index is 0.266. The Balaban J connectivity index is 1.84. The summed E-state index contributed by atoms with van der Waals surface area (Å²) in [6.45, 7) is 1.26. The molecule has 0 aromatic heterocycles. The molecule has 1 saturated carbocycles. The fourth-order valence-corrected chi connectivity index (χ4v) is 2.24. The van der Waals surface area contributed by atoms with Gasteiger partial charge in [-0.15, -0.1) is 0 Å². The Hall–Kier alpha value is -1.35. The summed E-state index contributed by atoms with van der Waals surface area (Å²) in [4.78, 5) is 13.8. The minimum Gasteiger partial charge on any atom is -0.341 e. The van der Waals surface area contributed by atoms with E-state index in [4.69, 9.17) is 5.73 Å². The van der Waals surface area contributed by atoms with Crippen molar-refractivity contribution in [1.82, 2.24) is 4.90 Å². The molecule has 1 aliphatic carbocycles. The fraction of sp³-hybridized carbons (Fsp3) is 0.533. The molecule has 3 heteroatoms. The second kappa shape index (κ2) is 6.01. The van der Waals surface area contributed by atoms with Crippen LogP contribution in [0.3, 0.4) is 0 Å². The molecule has 3 nitrogen and oxygen atoms in total. The van der Waals surface area contributed by atoms with Gasteiger partial charge in [-0.2, -0.15) is 0 Å². The van der Waals surface area contributed by atoms with Crippen LogP contribution in [0.5, 0.6) is 0 Å². The SMILES string of the molecule is CN(Cc1ccc(CN)cc1)C(=O)CC1CCC1. The normalized spacial score (nSPS) is 15.2. The zero-order chi connectivity index (χ0) is 13.0. The monoisotopic (exact) mass is 246 g/mol. The van der Waals surface area contributed by atoms with Crippen molar-refractivity contribution < 1.29 is 4.79 Å². The molecule has 1 aromatic rings. The van der Waals surface area contributed by atoms with Gasteiger partial charge in [-0.3, -0.25) is 4.79 Å². The first-order chi connectivity index (χ1) is 8.69. The Morgan fingerprint density at radius 1 is 1.28 bits per heavy atom. The largest absolute Gasteiger partial charge is 0.341 e. The van der Waals surface area contributed by atoms with Gasteiger partial charge >= 0.3 is 0 Å². The first-order valence-corrected chi connectivity index (χ1v) is 6.71. The first-order valence-electron chi connectivity index (χ1n) is 6.71. The third kappa shape index (κ3) is 3.33. The molecule has 0 aliphatic heterocycles. The van der Waals surface area contributed by atoms with Gasteiger partial charge in [-0.05, 0) is 29.9 Å². The molecule has 0 unspecified atom stereocenters. The quantitative estimate of drug-likeness (QED) is 0.866. The summed E-state index contributed by atoms with van der Waals surface area (Å²) in [5.41, 5.74) is 7.85. The number of benzene rings is 1. The molecule has 1 aromatic carbocycles. The number of hydrogen-bond acceptors (Lipinski definition) is 2. The average molecular weight is 246 g/mol. The number of carbonyl (C=O) groups is 1. The molecule has 0 spiro atoms. The molecule has 1 amide bonds. The summed E-state index contributed by atoms with van der Waals surface area (Å²) >= 11 is 0. The molecule has 1 aliphatic rings. The van der Waals surface area contributed by atoms with Gasteiger partial charge in [0.05, 0.1) is 0 Å². The number of rotatable bonds is 5. The highest BCUT2D eigenvalue weighted by molar-refractivity contribution is 5.76. The van der Waals surface area contributed by atoms with Crippen molar-refractivity contribution >= 4 is 5.91 Å². The molecule has 2 rings (SSSR count). The summed E-state index contributed by atoms with van der Waals surface area (Å²) in [6.07, 6.45) is 4.47. The maximum Gasteiger partial charge on any atom is 0.222 e. The van der Waals surface area contributed by atoms with E-state index < -0.39 is 0 Å². The molecule has 0 radical (unpaired) electrons. The zero-order valence-corrected chi connectivity index (χ0v) is 11.1. The molecule has 0 saturated heterocycles. The van der Waals surface area contributed by atoms with Crippen LogP contribution in [0, 0.1) is 5.92 Å². The summed E-state index contributed by atoms with van der Waals surface area (Å²) in [7, 11) is 1.89. The van der Waals surface area contributed by atoms with Gasteiger partial charge in [-0.1, -0.05) is 30.7 Å². The Kier molecular flexibility index (Phi) is 4.37. The first kappa shape index (κ1) is 13.1. The van der Waals surface area contributed by atoms with E-state index in [-0.39, 0.29) is 5.91 Å². The third-order valence-corrected chi connectivity index (χ3v) is 3.79. The van der Waals surface area contributed by atoms with Crippen molar-refractivity contribution in [2.24, 2.45) is 11.7 Å². The fourth-order valence-electron chi connectivity index (χ4n) is 2.24. The van der Waals surface area contributed by atoms with Crippen molar-refractivity contribution in [1.29, 1.82) is 0 Å². The van der Waals surface area contributed by atoms with E-state index in [9.17, 15) is 4.79 Å². The van der Waals surface area contributed by atoms with Crippen molar-refractivity contribution in [3.8, 4) is 0 Å². The van der Waals surface area contributed by atoms with Crippen LogP contribution >= 0.6 is 0 Å². The van der Waals surface area contributed by atoms with Gasteiger partial charge in [0.2, 0.25) is 5.91 Å². The van der Waals surface area contributed by atoms with Crippen LogP contribution in [0.4, 0.5) is 0 Å². The summed E-state index contributed by atoms with van der Waals surface area (Å²) in [6, 6.07) is 8.16. The lowest BCUT2D eigenvalue weighted by atomic mass is 9.83. The Morgan fingerprint density at radius 3 is 2.39 bits per heavy atom. The number of nitrogens with zero attached hydrogens (tertiary/aromatic N) is 1. The standard InChI is InChI=1S/C15H22N2O/c1-17(15(18)9-12-3-2-4-12)11-14-7-5-13(10-16)6-8-14/h5-8,12H,2-4,9-11,16H2,1H3. The van der Waals surface area contributed by atoms with E-state index in [0.29, 0.717) is 19.0 Å². The van der Waals surface area contributed by atoms with Crippen molar-refractivity contribution in [3.05, 3.63) is 35.4 Å². The lowest BCUT2D eigenvalue weighted by molar-refractivity contribution is -0.132. The molecular formula is C15H22N2O. The highest BCUT2D eigenvalue weighted by atomic mass is 16.2. The van der Waals surface area contributed by atoms with Crippen LogP contribution in [-0.2, 0) is 17.9 Å². The van der Waals surface area contributed by atoms with Gasteiger partial charge in [-0.25, -0.2) is 0 Å². The minimum atomic E-state index is 0.266. The lowest BCUT2D eigenvalue weighted by Crippen LogP contribution is -2.29. The summed E-state index contributed by atoms with van der Waals surface area (Å²) in [5, 5.41) is 0. The van der Waals surface area contributed by atoms with Crippen molar-refractivity contribution in [2.75, 3.05) is 7.05 Å². The molecule has 18 heavy (non-hydrogen) atoms. The van der Waals surface area contributed by atoms with E-state index >= 15 is 0 Å². The van der Waals surface area contributed by atoms with Crippen LogP contribution in [0.1, 0.15) is 36.8 Å². The maximum atomic E-state index is 12.0. The topological polar surface area (TPSA) is 46.3 Å². The Labute approximate surface area is 109 Å². The highest BCUT2D eigenvalue weighted by Crippen LogP contribution is 2.29. The zero-order valence-electron chi connectivity index (χ0n) is 11.1. The predicted octanol–water partition coefficient (Wildman–Crippen LogP) is 2.29. The van der Waals surface area contributed by atoms with Crippen LogP contribution in [0.25, 0.3) is 0 Å². The Bertz CT molecular complexity index is 395. The van der Waals surface area contributed by atoms with Crippen molar-refractivity contribution in [3.63, 3.8) is 0 Å². The smallest absolute Gasteiger partial charge is 0.222 e. The van der Waals surface area contributed by atoms with Crippen LogP contribution in [0.15, 0.2) is 24.3 Å². The van der Waals surface area contributed by atoms with Gasteiger partial charge in [0.15, 0.2) is 0 Å². The van der Waals surface area contributed by atoms with Crippen molar-refractivity contribution in [2.45, 2.75) is 38.8 Å². The molecule has 0 atom stereocenters. The molecule has 0 bridgehead atoms. The predicted molar refractivity (Wildman–Crippen MR) is 72.8 cm³/mol. The van der Waals surface area contributed by atoms with E-state index in [0.717, 1.165) is 17.5 Å².